The summed E-state index contributed by atoms with van der Waals surface area (Å²) in [4.78, 5) is 13.3. The van der Waals surface area contributed by atoms with Crippen molar-refractivity contribution in [2.24, 2.45) is 0 Å². The second-order valence-electron chi connectivity index (χ2n) is 7.44. The zero-order chi connectivity index (χ0) is 24.0. The van der Waals surface area contributed by atoms with E-state index in [0.717, 1.165) is 24.3 Å². The second-order valence-corrected chi connectivity index (χ2v) is 7.44. The van der Waals surface area contributed by atoms with Crippen molar-refractivity contribution in [1.29, 1.82) is 0 Å². The Kier molecular flexibility index (Phi) is 5.78. The van der Waals surface area contributed by atoms with Crippen LogP contribution in [-0.2, 0) is 4.74 Å². The summed E-state index contributed by atoms with van der Waals surface area (Å²) in [6.07, 6.45) is -8.42. The molecule has 1 aromatic heterocycles. The maximum absolute atomic E-state index is 13.3. The third-order valence-electron chi connectivity index (χ3n) is 5.25. The standard InChI is InChI=1S/C21H20O12/c22-6-13-15(27)17(29)20(21(30)32-13)33-19-16(28)14-11(26)4-8(23)5-12(14)31-18(19)7-1-2-9(24)10(25)3-7/h1-5,13,15,17,20-27,29-30H,6H2/t13-,15-,17+,20-,21?/m1/s1. The lowest BCUT2D eigenvalue weighted by Gasteiger charge is -2.39. The number of hydrogen-bond acceptors (Lipinski definition) is 12. The number of phenols is 4. The molecular weight excluding hydrogens is 444 g/mol. The van der Waals surface area contributed by atoms with Crippen LogP contribution < -0.4 is 10.2 Å². The molecule has 176 valence electrons. The number of benzene rings is 2. The third-order valence-corrected chi connectivity index (χ3v) is 5.25. The summed E-state index contributed by atoms with van der Waals surface area (Å²) in [5.41, 5.74) is -1.22. The Balaban J connectivity index is 1.91. The zero-order valence-electron chi connectivity index (χ0n) is 16.7. The van der Waals surface area contributed by atoms with Crippen LogP contribution in [0.3, 0.4) is 0 Å². The SMILES string of the molecule is O=c1c(O[C@H]2C(O)O[C@H](CO)[C@@H](O)[C@@H]2O)c(-c2ccc(O)c(O)c2)oc2cc(O)cc(O)c12. The monoisotopic (exact) mass is 464 g/mol. The number of aliphatic hydroxyl groups is 4. The highest BCUT2D eigenvalue weighted by Crippen LogP contribution is 2.39. The molecule has 3 aromatic rings. The summed E-state index contributed by atoms with van der Waals surface area (Å²) < 4.78 is 16.2. The highest BCUT2D eigenvalue weighted by molar-refractivity contribution is 5.88. The van der Waals surface area contributed by atoms with Crippen molar-refractivity contribution < 1.29 is 54.7 Å². The Hall–Kier alpha value is -3.55. The minimum Gasteiger partial charge on any atom is -0.508 e. The van der Waals surface area contributed by atoms with Crippen molar-refractivity contribution in [3.63, 3.8) is 0 Å². The Morgan fingerprint density at radius 2 is 1.64 bits per heavy atom. The molecule has 1 aliphatic heterocycles. The van der Waals surface area contributed by atoms with Crippen LogP contribution in [-0.4, -0.2) is 78.2 Å². The molecule has 0 amide bonds. The van der Waals surface area contributed by atoms with Crippen LogP contribution >= 0.6 is 0 Å². The summed E-state index contributed by atoms with van der Waals surface area (Å²) in [6, 6.07) is 5.33. The molecule has 0 spiro atoms. The summed E-state index contributed by atoms with van der Waals surface area (Å²) in [7, 11) is 0. The molecule has 12 heteroatoms. The molecule has 0 radical (unpaired) electrons. The lowest BCUT2D eigenvalue weighted by atomic mass is 9.99. The minimum atomic E-state index is -1.88. The Morgan fingerprint density at radius 1 is 0.909 bits per heavy atom. The van der Waals surface area contributed by atoms with E-state index >= 15 is 0 Å². The number of hydrogen-bond donors (Lipinski definition) is 8. The number of aliphatic hydroxyl groups excluding tert-OH is 4. The molecular formula is C21H20O12. The molecule has 0 bridgehead atoms. The van der Waals surface area contributed by atoms with E-state index in [1.807, 2.05) is 0 Å². The van der Waals surface area contributed by atoms with E-state index in [0.29, 0.717) is 0 Å². The van der Waals surface area contributed by atoms with E-state index in [1.165, 1.54) is 6.07 Å². The summed E-state index contributed by atoms with van der Waals surface area (Å²) in [5, 5.41) is 79.0. The van der Waals surface area contributed by atoms with Gasteiger partial charge in [0.25, 0.3) is 0 Å². The van der Waals surface area contributed by atoms with E-state index in [-0.39, 0.29) is 16.9 Å². The maximum atomic E-state index is 13.3. The second kappa shape index (κ2) is 8.42. The van der Waals surface area contributed by atoms with Crippen LogP contribution in [0, 0.1) is 0 Å². The first-order chi connectivity index (χ1) is 15.6. The van der Waals surface area contributed by atoms with Crippen LogP contribution in [0.4, 0.5) is 0 Å². The van der Waals surface area contributed by atoms with Crippen LogP contribution in [0.25, 0.3) is 22.3 Å². The molecule has 12 nitrogen and oxygen atoms in total. The fourth-order valence-electron chi connectivity index (χ4n) is 3.57. The summed E-state index contributed by atoms with van der Waals surface area (Å²) >= 11 is 0. The normalized spacial score (nSPS) is 25.3. The number of fused-ring (bicyclic) bond motifs is 1. The highest BCUT2D eigenvalue weighted by atomic mass is 16.7. The van der Waals surface area contributed by atoms with E-state index in [1.54, 1.807) is 0 Å². The Bertz CT molecular complexity index is 1250. The van der Waals surface area contributed by atoms with Crippen molar-refractivity contribution in [2.75, 3.05) is 6.61 Å². The predicted octanol–water partition coefficient (Wildman–Crippen LogP) is -0.539. The maximum Gasteiger partial charge on any atom is 0.239 e. The van der Waals surface area contributed by atoms with E-state index in [9.17, 15) is 45.6 Å². The first kappa shape index (κ1) is 22.6. The number of rotatable bonds is 4. The van der Waals surface area contributed by atoms with Gasteiger partial charge in [0.15, 0.2) is 29.7 Å². The topological polar surface area (TPSA) is 211 Å². The minimum absolute atomic E-state index is 0.0108. The van der Waals surface area contributed by atoms with Gasteiger partial charge in [0, 0.05) is 17.7 Å². The molecule has 4 rings (SSSR count). The van der Waals surface area contributed by atoms with Gasteiger partial charge in [-0.15, -0.1) is 0 Å². The summed E-state index contributed by atoms with van der Waals surface area (Å²) in [6.45, 7) is -0.713. The van der Waals surface area contributed by atoms with Gasteiger partial charge < -0.3 is 54.7 Å². The molecule has 33 heavy (non-hydrogen) atoms. The van der Waals surface area contributed by atoms with Crippen molar-refractivity contribution in [2.45, 2.75) is 30.7 Å². The van der Waals surface area contributed by atoms with Gasteiger partial charge in [0.2, 0.25) is 11.2 Å². The van der Waals surface area contributed by atoms with E-state index in [4.69, 9.17) is 13.9 Å². The molecule has 2 aromatic carbocycles. The van der Waals surface area contributed by atoms with Crippen LogP contribution in [0.2, 0.25) is 0 Å². The molecule has 0 aliphatic carbocycles. The molecule has 1 unspecified atom stereocenters. The smallest absolute Gasteiger partial charge is 0.239 e. The van der Waals surface area contributed by atoms with E-state index in [2.05, 4.69) is 0 Å². The summed E-state index contributed by atoms with van der Waals surface area (Å²) in [5.74, 6) is -3.10. The third kappa shape index (κ3) is 3.90. The van der Waals surface area contributed by atoms with Gasteiger partial charge in [-0.3, -0.25) is 4.79 Å². The van der Waals surface area contributed by atoms with Gasteiger partial charge in [0.1, 0.15) is 40.8 Å². The molecule has 8 N–H and O–H groups in total. The molecule has 5 atom stereocenters. The van der Waals surface area contributed by atoms with Crippen LogP contribution in [0.5, 0.6) is 28.7 Å². The van der Waals surface area contributed by atoms with Crippen molar-refractivity contribution in [1.82, 2.24) is 0 Å². The van der Waals surface area contributed by atoms with Gasteiger partial charge >= 0.3 is 0 Å². The quantitative estimate of drug-likeness (QED) is 0.229. The average Bonchev–Trinajstić information content (AvgIpc) is 2.76. The molecule has 1 saturated heterocycles. The molecule has 0 saturated carbocycles. The molecule has 2 heterocycles. The fraction of sp³-hybridized carbons (Fsp3) is 0.286. The fourth-order valence-corrected chi connectivity index (χ4v) is 3.57. The highest BCUT2D eigenvalue weighted by Gasteiger charge is 2.46. The van der Waals surface area contributed by atoms with Crippen molar-refractivity contribution in [3.05, 3.63) is 40.6 Å². The molecule has 1 aliphatic rings. The number of phenolic OH excluding ortho intramolecular Hbond substituents is 4. The zero-order valence-corrected chi connectivity index (χ0v) is 16.7. The Morgan fingerprint density at radius 3 is 2.30 bits per heavy atom. The first-order valence-electron chi connectivity index (χ1n) is 9.64. The van der Waals surface area contributed by atoms with Crippen molar-refractivity contribution in [3.8, 4) is 40.1 Å². The van der Waals surface area contributed by atoms with Gasteiger partial charge in [-0.25, -0.2) is 0 Å². The lowest BCUT2D eigenvalue weighted by Crippen LogP contribution is -2.60. The van der Waals surface area contributed by atoms with Gasteiger partial charge in [-0.2, -0.15) is 0 Å². The van der Waals surface area contributed by atoms with Gasteiger partial charge in [0.05, 0.1) is 6.61 Å². The number of ether oxygens (including phenoxy) is 2. The lowest BCUT2D eigenvalue weighted by molar-refractivity contribution is -0.280. The predicted molar refractivity (Wildman–Crippen MR) is 109 cm³/mol. The largest absolute Gasteiger partial charge is 0.508 e. The van der Waals surface area contributed by atoms with E-state index < -0.39 is 76.9 Å². The van der Waals surface area contributed by atoms with Crippen LogP contribution in [0.15, 0.2) is 39.5 Å². The average molecular weight is 464 g/mol. The van der Waals surface area contributed by atoms with Crippen LogP contribution in [0.1, 0.15) is 0 Å². The first-order valence-corrected chi connectivity index (χ1v) is 9.64. The number of aromatic hydroxyl groups is 4. The Labute approximate surface area is 184 Å². The van der Waals surface area contributed by atoms with Gasteiger partial charge in [-0.05, 0) is 18.2 Å². The molecule has 1 fully saturated rings. The van der Waals surface area contributed by atoms with Crippen molar-refractivity contribution >= 4 is 11.0 Å². The van der Waals surface area contributed by atoms with Gasteiger partial charge in [-0.1, -0.05) is 0 Å².